The summed E-state index contributed by atoms with van der Waals surface area (Å²) in [6, 6.07) is 8.43. The number of hydrogen-bond donors (Lipinski definition) is 2. The molecule has 12 heteroatoms. The highest BCUT2D eigenvalue weighted by molar-refractivity contribution is 7.89. The van der Waals surface area contributed by atoms with E-state index in [1.54, 1.807) is 56.6 Å². The first-order valence-electron chi connectivity index (χ1n) is 11.5. The molecule has 0 aliphatic carbocycles. The third-order valence-corrected chi connectivity index (χ3v) is 7.54. The van der Waals surface area contributed by atoms with Crippen LogP contribution in [-0.4, -0.2) is 85.4 Å². The number of sulfonamides is 1. The van der Waals surface area contributed by atoms with Crippen molar-refractivity contribution < 1.29 is 27.5 Å². The molecule has 2 atom stereocenters. The molecule has 0 bridgehead atoms. The van der Waals surface area contributed by atoms with E-state index in [-0.39, 0.29) is 37.0 Å². The molecule has 2 aromatic rings. The predicted octanol–water partition coefficient (Wildman–Crippen LogP) is 0.775. The number of hydrogen-bond acceptors (Lipinski definition) is 7. The minimum Gasteiger partial charge on any atom is -0.467 e. The Kier molecular flexibility index (Phi) is 8.99. The Morgan fingerprint density at radius 3 is 2.42 bits per heavy atom. The summed E-state index contributed by atoms with van der Waals surface area (Å²) in [4.78, 5) is 44.2. The summed E-state index contributed by atoms with van der Waals surface area (Å²) >= 11 is 0. The monoisotopic (exact) mass is 517 g/mol. The number of nitrogens with one attached hydrogen (secondary N) is 2. The van der Waals surface area contributed by atoms with E-state index in [4.69, 9.17) is 4.74 Å². The normalized spacial score (nSPS) is 17.3. The van der Waals surface area contributed by atoms with E-state index in [0.29, 0.717) is 5.56 Å². The van der Waals surface area contributed by atoms with E-state index in [0.717, 1.165) is 0 Å². The number of piperazine rings is 1. The number of benzene rings is 1. The van der Waals surface area contributed by atoms with Gasteiger partial charge < -0.3 is 20.3 Å². The Hall–Kier alpha value is -3.51. The number of carbonyl (C=O) groups is 3. The topological polar surface area (TPSA) is 138 Å². The summed E-state index contributed by atoms with van der Waals surface area (Å²) in [5.41, 5.74) is 0.694. The van der Waals surface area contributed by atoms with Gasteiger partial charge in [0, 0.05) is 44.5 Å². The number of nitrogens with zero attached hydrogens (tertiary/aromatic N) is 3. The minimum atomic E-state index is -3.90. The van der Waals surface area contributed by atoms with Crippen molar-refractivity contribution in [3.05, 3.63) is 60.4 Å². The number of aromatic nitrogens is 1. The van der Waals surface area contributed by atoms with Gasteiger partial charge in [-0.2, -0.15) is 4.31 Å². The smallest absolute Gasteiger partial charge is 0.328 e. The predicted molar refractivity (Wildman–Crippen MR) is 131 cm³/mol. The van der Waals surface area contributed by atoms with Crippen LogP contribution < -0.4 is 10.6 Å². The summed E-state index contributed by atoms with van der Waals surface area (Å²) in [7, 11) is -2.69. The zero-order valence-corrected chi connectivity index (χ0v) is 21.3. The van der Waals surface area contributed by atoms with Gasteiger partial charge >= 0.3 is 12.0 Å². The molecule has 194 valence electrons. The Balaban J connectivity index is 1.87. The lowest BCUT2D eigenvalue weighted by Crippen LogP contribution is -2.64. The van der Waals surface area contributed by atoms with Gasteiger partial charge in [-0.1, -0.05) is 24.3 Å². The fourth-order valence-electron chi connectivity index (χ4n) is 3.87. The Morgan fingerprint density at radius 1 is 1.08 bits per heavy atom. The average molecular weight is 518 g/mol. The van der Waals surface area contributed by atoms with Crippen LogP contribution in [0.5, 0.6) is 0 Å². The molecule has 0 spiro atoms. The van der Waals surface area contributed by atoms with Gasteiger partial charge in [-0.05, 0) is 37.6 Å². The van der Waals surface area contributed by atoms with Crippen molar-refractivity contribution in [3.8, 4) is 0 Å². The highest BCUT2D eigenvalue weighted by Gasteiger charge is 2.41. The molecular formula is C24H31N5O6S. The highest BCUT2D eigenvalue weighted by Crippen LogP contribution is 2.21. The summed E-state index contributed by atoms with van der Waals surface area (Å²) in [5.74, 6) is -1.34. The molecule has 36 heavy (non-hydrogen) atoms. The number of esters is 1. The van der Waals surface area contributed by atoms with Crippen molar-refractivity contribution in [3.63, 3.8) is 0 Å². The van der Waals surface area contributed by atoms with E-state index < -0.39 is 40.0 Å². The van der Waals surface area contributed by atoms with Crippen molar-refractivity contribution >= 4 is 27.9 Å². The van der Waals surface area contributed by atoms with E-state index in [1.165, 1.54) is 28.4 Å². The van der Waals surface area contributed by atoms with Gasteiger partial charge in [0.1, 0.15) is 12.1 Å². The summed E-state index contributed by atoms with van der Waals surface area (Å²) in [5, 5.41) is 5.40. The number of methoxy groups -OCH3 is 1. The van der Waals surface area contributed by atoms with Crippen LogP contribution in [0.2, 0.25) is 0 Å². The van der Waals surface area contributed by atoms with Crippen LogP contribution >= 0.6 is 0 Å². The second-order valence-electron chi connectivity index (χ2n) is 8.64. The molecule has 11 nitrogen and oxygen atoms in total. The third kappa shape index (κ3) is 6.58. The Morgan fingerprint density at radius 2 is 1.81 bits per heavy atom. The standard InChI is InChI=1S/C24H31N5O6S/c1-17(2)26-24(32)29-13-12-28(36(33,34)19-9-5-4-6-10-19)16-21(29)22(30)27-20(23(31)35-3)14-18-8-7-11-25-15-18/h4-11,15,17,20-21H,12-14,16H2,1-3H3,(H,26,32)(H,27,30). The quantitative estimate of drug-likeness (QED) is 0.494. The molecule has 2 unspecified atom stereocenters. The van der Waals surface area contributed by atoms with E-state index in [9.17, 15) is 22.8 Å². The summed E-state index contributed by atoms with van der Waals surface area (Å²) in [6.45, 7) is 3.31. The van der Waals surface area contributed by atoms with E-state index in [1.807, 2.05) is 0 Å². The van der Waals surface area contributed by atoms with Gasteiger partial charge in [0.2, 0.25) is 15.9 Å². The summed E-state index contributed by atoms with van der Waals surface area (Å²) in [6.07, 6.45) is 3.27. The van der Waals surface area contributed by atoms with Gasteiger partial charge in [-0.15, -0.1) is 0 Å². The molecule has 1 aliphatic heterocycles. The molecule has 1 aliphatic rings. The van der Waals surface area contributed by atoms with Gasteiger partial charge in [-0.3, -0.25) is 9.78 Å². The second-order valence-corrected chi connectivity index (χ2v) is 10.6. The van der Waals surface area contributed by atoms with E-state index >= 15 is 0 Å². The molecule has 2 N–H and O–H groups in total. The van der Waals surface area contributed by atoms with Gasteiger partial charge in [0.15, 0.2) is 0 Å². The van der Waals surface area contributed by atoms with Crippen LogP contribution in [0.1, 0.15) is 19.4 Å². The lowest BCUT2D eigenvalue weighted by molar-refractivity contribution is -0.145. The van der Waals surface area contributed by atoms with Crippen LogP contribution in [0, 0.1) is 0 Å². The lowest BCUT2D eigenvalue weighted by atomic mass is 10.1. The zero-order valence-electron chi connectivity index (χ0n) is 20.5. The number of rotatable bonds is 8. The minimum absolute atomic E-state index is 0.00575. The van der Waals surface area contributed by atoms with Gasteiger partial charge in [-0.25, -0.2) is 18.0 Å². The molecule has 1 aromatic heterocycles. The number of urea groups is 1. The summed E-state index contributed by atoms with van der Waals surface area (Å²) < 4.78 is 32.5. The molecule has 0 radical (unpaired) electrons. The maximum absolute atomic E-state index is 13.5. The van der Waals surface area contributed by atoms with Crippen LogP contribution in [-0.2, 0) is 30.8 Å². The van der Waals surface area contributed by atoms with Crippen molar-refractivity contribution in [1.82, 2.24) is 24.8 Å². The fraction of sp³-hybridized carbons (Fsp3) is 0.417. The van der Waals surface area contributed by atoms with Crippen molar-refractivity contribution in [2.45, 2.75) is 43.3 Å². The highest BCUT2D eigenvalue weighted by atomic mass is 32.2. The first kappa shape index (κ1) is 27.1. The van der Waals surface area contributed by atoms with Crippen molar-refractivity contribution in [2.75, 3.05) is 26.7 Å². The molecule has 1 aromatic carbocycles. The third-order valence-electron chi connectivity index (χ3n) is 5.66. The number of ether oxygens (including phenoxy) is 1. The molecule has 1 fully saturated rings. The molecule has 3 rings (SSSR count). The average Bonchev–Trinajstić information content (AvgIpc) is 2.88. The van der Waals surface area contributed by atoms with Crippen molar-refractivity contribution in [2.24, 2.45) is 0 Å². The SMILES string of the molecule is COC(=O)C(Cc1cccnc1)NC(=O)C1CN(S(=O)(=O)c2ccccc2)CCN1C(=O)NC(C)C. The second kappa shape index (κ2) is 12.0. The molecule has 2 heterocycles. The van der Waals surface area contributed by atoms with Crippen molar-refractivity contribution in [1.29, 1.82) is 0 Å². The Labute approximate surface area is 210 Å². The van der Waals surface area contributed by atoms with Crippen LogP contribution in [0.25, 0.3) is 0 Å². The molecule has 3 amide bonds. The molecule has 1 saturated heterocycles. The maximum Gasteiger partial charge on any atom is 0.328 e. The van der Waals surface area contributed by atoms with Crippen LogP contribution in [0.4, 0.5) is 4.79 Å². The lowest BCUT2D eigenvalue weighted by Gasteiger charge is -2.40. The first-order chi connectivity index (χ1) is 17.1. The number of amides is 3. The van der Waals surface area contributed by atoms with E-state index in [2.05, 4.69) is 15.6 Å². The fourth-order valence-corrected chi connectivity index (χ4v) is 5.33. The van der Waals surface area contributed by atoms with Gasteiger partial charge in [0.05, 0.1) is 12.0 Å². The maximum atomic E-state index is 13.5. The van der Waals surface area contributed by atoms with Gasteiger partial charge in [0.25, 0.3) is 0 Å². The van der Waals surface area contributed by atoms with Crippen LogP contribution in [0.15, 0.2) is 59.8 Å². The molecular weight excluding hydrogens is 486 g/mol. The number of pyridine rings is 1. The zero-order chi connectivity index (χ0) is 26.3. The largest absolute Gasteiger partial charge is 0.467 e. The number of carbonyl (C=O) groups excluding carboxylic acids is 3. The Bertz CT molecular complexity index is 1160. The van der Waals surface area contributed by atoms with Crippen LogP contribution in [0.3, 0.4) is 0 Å². The first-order valence-corrected chi connectivity index (χ1v) is 13.0. The molecule has 0 saturated carbocycles.